The molecule has 2 nitrogen and oxygen atoms in total. The fourth-order valence-electron chi connectivity index (χ4n) is 2.42. The fraction of sp³-hybridized carbons (Fsp3) is 1.00. The van der Waals surface area contributed by atoms with Crippen LogP contribution in [0.5, 0.6) is 0 Å². The molecular weight excluding hydrogens is 256 g/mol. The van der Waals surface area contributed by atoms with Gasteiger partial charge in [0.25, 0.3) is 0 Å². The van der Waals surface area contributed by atoms with Crippen molar-refractivity contribution in [1.82, 2.24) is 0 Å². The Bertz CT molecular complexity index is 238. The highest BCUT2D eigenvalue weighted by molar-refractivity contribution is 9.10. The zero-order valence-corrected chi connectivity index (χ0v) is 11.5. The number of rotatable bonds is 0. The summed E-state index contributed by atoms with van der Waals surface area (Å²) in [5, 5.41) is 0. The monoisotopic (exact) mass is 276 g/mol. The molecule has 0 amide bonds. The predicted molar refractivity (Wildman–Crippen MR) is 64.2 cm³/mol. The lowest BCUT2D eigenvalue weighted by Crippen LogP contribution is -2.59. The molecule has 0 aromatic rings. The summed E-state index contributed by atoms with van der Waals surface area (Å²) in [4.78, 5) is 0. The highest BCUT2D eigenvalue weighted by atomic mass is 79.9. The molecule has 1 spiro atoms. The Balaban J connectivity index is 2.13. The first kappa shape index (κ1) is 11.9. The van der Waals surface area contributed by atoms with E-state index in [-0.39, 0.29) is 15.5 Å². The summed E-state index contributed by atoms with van der Waals surface area (Å²) in [6.07, 6.45) is 4.62. The van der Waals surface area contributed by atoms with E-state index in [0.29, 0.717) is 0 Å². The minimum Gasteiger partial charge on any atom is -0.348 e. The standard InChI is InChI=1S/C12H21BrO2/c1-10(2)8-14-12(15-9-10)7-5-4-6-11(12,3)13/h4-9H2,1-3H3/t11-/m0/s1. The van der Waals surface area contributed by atoms with E-state index >= 15 is 0 Å². The summed E-state index contributed by atoms with van der Waals surface area (Å²) < 4.78 is 12.1. The van der Waals surface area contributed by atoms with E-state index in [0.717, 1.165) is 26.1 Å². The summed E-state index contributed by atoms with van der Waals surface area (Å²) in [5.41, 5.74) is 0.159. The van der Waals surface area contributed by atoms with E-state index in [2.05, 4.69) is 36.7 Å². The summed E-state index contributed by atoms with van der Waals surface area (Å²) in [7, 11) is 0. The van der Waals surface area contributed by atoms with Crippen LogP contribution in [0.1, 0.15) is 46.5 Å². The van der Waals surface area contributed by atoms with Crippen LogP contribution in [0.2, 0.25) is 0 Å². The van der Waals surface area contributed by atoms with E-state index in [1.165, 1.54) is 12.8 Å². The molecule has 0 unspecified atom stereocenters. The highest BCUT2D eigenvalue weighted by Gasteiger charge is 2.53. The molecule has 1 saturated carbocycles. The van der Waals surface area contributed by atoms with Gasteiger partial charge in [-0.2, -0.15) is 0 Å². The van der Waals surface area contributed by atoms with Crippen LogP contribution in [-0.4, -0.2) is 23.3 Å². The molecule has 2 rings (SSSR count). The highest BCUT2D eigenvalue weighted by Crippen LogP contribution is 2.49. The first-order chi connectivity index (χ1) is 6.87. The summed E-state index contributed by atoms with van der Waals surface area (Å²) in [6.45, 7) is 8.18. The summed E-state index contributed by atoms with van der Waals surface area (Å²) >= 11 is 3.80. The minimum atomic E-state index is -0.374. The average Bonchev–Trinajstić information content (AvgIpc) is 2.14. The Labute approximate surface area is 101 Å². The molecule has 88 valence electrons. The molecule has 0 radical (unpaired) electrons. The first-order valence-electron chi connectivity index (χ1n) is 5.84. The third-order valence-corrected chi connectivity index (χ3v) is 4.59. The van der Waals surface area contributed by atoms with Crippen LogP contribution < -0.4 is 0 Å². The molecule has 1 atom stereocenters. The Morgan fingerprint density at radius 1 is 0.933 bits per heavy atom. The SMILES string of the molecule is CC1(C)COC2(CCCC[C@]2(C)Br)OC1. The summed E-state index contributed by atoms with van der Waals surface area (Å²) in [5.74, 6) is -0.374. The largest absolute Gasteiger partial charge is 0.348 e. The van der Waals surface area contributed by atoms with Crippen LogP contribution in [0.25, 0.3) is 0 Å². The predicted octanol–water partition coefficient (Wildman–Crippen LogP) is 3.48. The molecule has 0 aromatic heterocycles. The first-order valence-corrected chi connectivity index (χ1v) is 6.63. The van der Waals surface area contributed by atoms with Crippen molar-refractivity contribution in [3.8, 4) is 0 Å². The summed E-state index contributed by atoms with van der Waals surface area (Å²) in [6, 6.07) is 0. The van der Waals surface area contributed by atoms with Gasteiger partial charge in [-0.3, -0.25) is 0 Å². The number of hydrogen-bond donors (Lipinski definition) is 0. The van der Waals surface area contributed by atoms with E-state index in [1.54, 1.807) is 0 Å². The Morgan fingerprint density at radius 3 is 2.00 bits per heavy atom. The van der Waals surface area contributed by atoms with E-state index in [4.69, 9.17) is 9.47 Å². The number of ether oxygens (including phenoxy) is 2. The number of hydrogen-bond acceptors (Lipinski definition) is 2. The lowest BCUT2D eigenvalue weighted by Gasteiger charge is -2.52. The quantitative estimate of drug-likeness (QED) is 0.631. The van der Waals surface area contributed by atoms with Crippen molar-refractivity contribution in [1.29, 1.82) is 0 Å². The molecule has 0 N–H and O–H groups in total. The van der Waals surface area contributed by atoms with Crippen molar-refractivity contribution in [2.45, 2.75) is 56.6 Å². The van der Waals surface area contributed by atoms with Gasteiger partial charge in [0.05, 0.1) is 17.5 Å². The molecule has 3 heteroatoms. The van der Waals surface area contributed by atoms with Crippen LogP contribution >= 0.6 is 15.9 Å². The zero-order valence-electron chi connectivity index (χ0n) is 9.94. The van der Waals surface area contributed by atoms with E-state index in [1.807, 2.05) is 0 Å². The topological polar surface area (TPSA) is 18.5 Å². The third kappa shape index (κ3) is 2.11. The van der Waals surface area contributed by atoms with Crippen molar-refractivity contribution in [2.24, 2.45) is 5.41 Å². The zero-order chi connectivity index (χ0) is 11.2. The van der Waals surface area contributed by atoms with Gasteiger partial charge in [0.1, 0.15) is 0 Å². The van der Waals surface area contributed by atoms with E-state index < -0.39 is 0 Å². The Morgan fingerprint density at radius 2 is 1.47 bits per heavy atom. The van der Waals surface area contributed by atoms with Crippen LogP contribution in [0.4, 0.5) is 0 Å². The van der Waals surface area contributed by atoms with Gasteiger partial charge in [0.2, 0.25) is 0 Å². The number of halogens is 1. The lowest BCUT2D eigenvalue weighted by molar-refractivity contribution is -0.319. The molecule has 2 fully saturated rings. The van der Waals surface area contributed by atoms with Crippen molar-refractivity contribution < 1.29 is 9.47 Å². The van der Waals surface area contributed by atoms with Gasteiger partial charge in [-0.25, -0.2) is 0 Å². The molecule has 1 aliphatic heterocycles. The number of alkyl halides is 1. The fourth-order valence-corrected chi connectivity index (χ4v) is 3.13. The van der Waals surface area contributed by atoms with Gasteiger partial charge in [-0.05, 0) is 19.8 Å². The minimum absolute atomic E-state index is 0.0191. The molecule has 15 heavy (non-hydrogen) atoms. The molecule has 1 heterocycles. The van der Waals surface area contributed by atoms with Crippen LogP contribution in [0.3, 0.4) is 0 Å². The van der Waals surface area contributed by atoms with Crippen LogP contribution in [-0.2, 0) is 9.47 Å². The van der Waals surface area contributed by atoms with Gasteiger partial charge < -0.3 is 9.47 Å². The molecular formula is C12H21BrO2. The van der Waals surface area contributed by atoms with Gasteiger partial charge in [0, 0.05) is 11.8 Å². The lowest BCUT2D eigenvalue weighted by atomic mass is 9.82. The second-order valence-electron chi connectivity index (χ2n) is 5.90. The normalized spacial score (nSPS) is 39.2. The molecule has 2 aliphatic rings. The smallest absolute Gasteiger partial charge is 0.183 e. The maximum Gasteiger partial charge on any atom is 0.183 e. The second kappa shape index (κ2) is 3.71. The molecule has 1 saturated heterocycles. The molecule has 1 aliphatic carbocycles. The van der Waals surface area contributed by atoms with Crippen molar-refractivity contribution in [3.63, 3.8) is 0 Å². The van der Waals surface area contributed by atoms with Gasteiger partial charge in [-0.15, -0.1) is 0 Å². The second-order valence-corrected chi connectivity index (χ2v) is 7.65. The molecule has 0 bridgehead atoms. The van der Waals surface area contributed by atoms with Crippen molar-refractivity contribution in [2.75, 3.05) is 13.2 Å². The Hall–Kier alpha value is 0.400. The maximum absolute atomic E-state index is 6.07. The average molecular weight is 277 g/mol. The third-order valence-electron chi connectivity index (χ3n) is 3.59. The van der Waals surface area contributed by atoms with E-state index in [9.17, 15) is 0 Å². The van der Waals surface area contributed by atoms with Crippen molar-refractivity contribution in [3.05, 3.63) is 0 Å². The molecule has 0 aromatic carbocycles. The Kier molecular flexibility index (Phi) is 2.94. The van der Waals surface area contributed by atoms with Gasteiger partial charge in [-0.1, -0.05) is 36.2 Å². The van der Waals surface area contributed by atoms with Gasteiger partial charge in [0.15, 0.2) is 5.79 Å². The van der Waals surface area contributed by atoms with Crippen LogP contribution in [0, 0.1) is 5.41 Å². The van der Waals surface area contributed by atoms with Gasteiger partial charge >= 0.3 is 0 Å². The van der Waals surface area contributed by atoms with Crippen molar-refractivity contribution >= 4 is 15.9 Å². The van der Waals surface area contributed by atoms with Crippen LogP contribution in [0.15, 0.2) is 0 Å². The maximum atomic E-state index is 6.07.